The molecule has 25 heavy (non-hydrogen) atoms. The maximum atomic E-state index is 12.9. The molecular weight excluding hydrogens is 321 g/mol. The van der Waals surface area contributed by atoms with Crippen LogP contribution in [0.15, 0.2) is 48.5 Å². The number of aromatic amines is 1. The summed E-state index contributed by atoms with van der Waals surface area (Å²) in [6.07, 6.45) is 0. The zero-order chi connectivity index (χ0) is 17.8. The molecule has 3 aromatic rings. The summed E-state index contributed by atoms with van der Waals surface area (Å²) in [6.45, 7) is 3.72. The van der Waals surface area contributed by atoms with Crippen LogP contribution in [-0.2, 0) is 4.79 Å². The highest BCUT2D eigenvalue weighted by atomic mass is 19.1. The fourth-order valence-electron chi connectivity index (χ4n) is 2.52. The van der Waals surface area contributed by atoms with Gasteiger partial charge in [-0.3, -0.25) is 9.89 Å². The molecule has 0 aliphatic heterocycles. The number of carbonyl (C=O) groups excluding carboxylic acids is 1. The van der Waals surface area contributed by atoms with Crippen LogP contribution in [0.4, 0.5) is 10.2 Å². The highest BCUT2D eigenvalue weighted by molar-refractivity contribution is 5.95. The van der Waals surface area contributed by atoms with Crippen molar-refractivity contribution < 1.29 is 13.9 Å². The van der Waals surface area contributed by atoms with E-state index in [1.165, 1.54) is 24.3 Å². The van der Waals surface area contributed by atoms with Crippen molar-refractivity contribution in [3.8, 4) is 16.9 Å². The number of anilines is 1. The van der Waals surface area contributed by atoms with Crippen LogP contribution in [0.5, 0.6) is 5.75 Å². The highest BCUT2D eigenvalue weighted by Gasteiger charge is 2.15. The van der Waals surface area contributed by atoms with Crippen LogP contribution in [0.25, 0.3) is 11.1 Å². The predicted octanol–water partition coefficient (Wildman–Crippen LogP) is 3.85. The van der Waals surface area contributed by atoms with Crippen molar-refractivity contribution in [3.05, 3.63) is 65.6 Å². The molecule has 0 unspecified atom stereocenters. The minimum Gasteiger partial charge on any atom is -0.484 e. The lowest BCUT2D eigenvalue weighted by molar-refractivity contribution is -0.118. The third kappa shape index (κ3) is 4.03. The quantitative estimate of drug-likeness (QED) is 0.742. The van der Waals surface area contributed by atoms with Gasteiger partial charge < -0.3 is 10.1 Å². The number of hydrogen-bond acceptors (Lipinski definition) is 3. The molecule has 0 radical (unpaired) electrons. The van der Waals surface area contributed by atoms with Crippen LogP contribution in [0, 0.1) is 19.7 Å². The van der Waals surface area contributed by atoms with E-state index in [1.807, 2.05) is 38.1 Å². The van der Waals surface area contributed by atoms with Crippen molar-refractivity contribution in [2.45, 2.75) is 13.8 Å². The first kappa shape index (κ1) is 16.7. The van der Waals surface area contributed by atoms with E-state index in [4.69, 9.17) is 4.74 Å². The normalized spacial score (nSPS) is 10.5. The lowest BCUT2D eigenvalue weighted by Crippen LogP contribution is -2.20. The minimum atomic E-state index is -0.355. The average Bonchev–Trinajstić information content (AvgIpc) is 2.94. The summed E-state index contributed by atoms with van der Waals surface area (Å²) in [5.41, 5.74) is 3.80. The third-order valence-corrected chi connectivity index (χ3v) is 3.70. The van der Waals surface area contributed by atoms with Gasteiger partial charge in [-0.25, -0.2) is 4.39 Å². The number of amides is 1. The number of nitrogens with one attached hydrogen (secondary N) is 2. The van der Waals surface area contributed by atoms with E-state index >= 15 is 0 Å². The second kappa shape index (κ2) is 7.17. The number of halogens is 1. The number of nitrogens with zero attached hydrogens (tertiary/aromatic N) is 1. The van der Waals surface area contributed by atoms with Gasteiger partial charge >= 0.3 is 0 Å². The van der Waals surface area contributed by atoms with E-state index in [0.717, 1.165) is 22.4 Å². The zero-order valence-electron chi connectivity index (χ0n) is 14.0. The molecule has 6 heteroatoms. The first-order valence-electron chi connectivity index (χ1n) is 7.83. The SMILES string of the molecule is Cc1cccc(-c2c(NC(=O)COc3ccc(F)cc3)n[nH]c2C)c1. The Morgan fingerprint density at radius 3 is 2.68 bits per heavy atom. The fourth-order valence-corrected chi connectivity index (χ4v) is 2.52. The Bertz CT molecular complexity index is 888. The van der Waals surface area contributed by atoms with Gasteiger partial charge in [0, 0.05) is 11.3 Å². The van der Waals surface area contributed by atoms with Crippen LogP contribution >= 0.6 is 0 Å². The topological polar surface area (TPSA) is 67.0 Å². The summed E-state index contributed by atoms with van der Waals surface area (Å²) >= 11 is 0. The van der Waals surface area contributed by atoms with Gasteiger partial charge in [-0.1, -0.05) is 29.8 Å². The Balaban J connectivity index is 1.70. The summed E-state index contributed by atoms with van der Waals surface area (Å²) in [5, 5.41) is 9.81. The molecule has 0 bridgehead atoms. The molecule has 3 rings (SSSR count). The molecule has 1 heterocycles. The highest BCUT2D eigenvalue weighted by Crippen LogP contribution is 2.29. The molecular formula is C19H18FN3O2. The number of benzene rings is 2. The van der Waals surface area contributed by atoms with Gasteiger partial charge in [0.05, 0.1) is 0 Å². The molecule has 128 valence electrons. The van der Waals surface area contributed by atoms with Crippen LogP contribution < -0.4 is 10.1 Å². The summed E-state index contributed by atoms with van der Waals surface area (Å²) in [5.74, 6) is 0.181. The van der Waals surface area contributed by atoms with Crippen molar-refractivity contribution in [1.29, 1.82) is 0 Å². The van der Waals surface area contributed by atoms with Crippen molar-refractivity contribution >= 4 is 11.7 Å². The van der Waals surface area contributed by atoms with Crippen LogP contribution in [0.3, 0.4) is 0 Å². The van der Waals surface area contributed by atoms with Gasteiger partial charge in [0.15, 0.2) is 12.4 Å². The second-order valence-corrected chi connectivity index (χ2v) is 5.73. The molecule has 0 saturated carbocycles. The lowest BCUT2D eigenvalue weighted by atomic mass is 10.0. The molecule has 2 N–H and O–H groups in total. The summed E-state index contributed by atoms with van der Waals surface area (Å²) in [7, 11) is 0. The van der Waals surface area contributed by atoms with Gasteiger partial charge in [0.25, 0.3) is 5.91 Å². The number of aromatic nitrogens is 2. The number of aryl methyl sites for hydroxylation is 2. The van der Waals surface area contributed by atoms with E-state index < -0.39 is 0 Å². The second-order valence-electron chi connectivity index (χ2n) is 5.73. The van der Waals surface area contributed by atoms with Gasteiger partial charge in [0.1, 0.15) is 11.6 Å². The molecule has 0 aliphatic rings. The average molecular weight is 339 g/mol. The number of rotatable bonds is 5. The molecule has 0 aliphatic carbocycles. The largest absolute Gasteiger partial charge is 0.484 e. The smallest absolute Gasteiger partial charge is 0.263 e. The molecule has 0 fully saturated rings. The molecule has 2 aromatic carbocycles. The van der Waals surface area contributed by atoms with Gasteiger partial charge in [0.2, 0.25) is 0 Å². The minimum absolute atomic E-state index is 0.190. The zero-order valence-corrected chi connectivity index (χ0v) is 14.0. The standard InChI is InChI=1S/C19H18FN3O2/c1-12-4-3-5-14(10-12)18-13(2)22-23-19(18)21-17(24)11-25-16-8-6-15(20)7-9-16/h3-10H,11H2,1-2H3,(H2,21,22,23,24). The Kier molecular flexibility index (Phi) is 4.79. The van der Waals surface area contributed by atoms with Gasteiger partial charge in [-0.2, -0.15) is 5.10 Å². The van der Waals surface area contributed by atoms with Crippen molar-refractivity contribution in [3.63, 3.8) is 0 Å². The Morgan fingerprint density at radius 1 is 1.20 bits per heavy atom. The van der Waals surface area contributed by atoms with E-state index in [2.05, 4.69) is 15.5 Å². The number of ether oxygens (including phenoxy) is 1. The van der Waals surface area contributed by atoms with Crippen molar-refractivity contribution in [2.75, 3.05) is 11.9 Å². The number of H-pyrrole nitrogens is 1. The molecule has 1 aromatic heterocycles. The Labute approximate surface area is 144 Å². The maximum absolute atomic E-state index is 12.9. The number of hydrogen-bond donors (Lipinski definition) is 2. The van der Waals surface area contributed by atoms with E-state index in [1.54, 1.807) is 0 Å². The van der Waals surface area contributed by atoms with Crippen LogP contribution in [-0.4, -0.2) is 22.7 Å². The summed E-state index contributed by atoms with van der Waals surface area (Å²) in [4.78, 5) is 12.1. The Morgan fingerprint density at radius 2 is 1.96 bits per heavy atom. The third-order valence-electron chi connectivity index (χ3n) is 3.70. The van der Waals surface area contributed by atoms with Crippen molar-refractivity contribution in [2.24, 2.45) is 0 Å². The van der Waals surface area contributed by atoms with Gasteiger partial charge in [-0.05, 0) is 43.7 Å². The van der Waals surface area contributed by atoms with E-state index in [-0.39, 0.29) is 18.3 Å². The molecule has 0 saturated heterocycles. The van der Waals surface area contributed by atoms with E-state index in [0.29, 0.717) is 11.6 Å². The van der Waals surface area contributed by atoms with Crippen molar-refractivity contribution in [1.82, 2.24) is 10.2 Å². The Hall–Kier alpha value is -3.15. The maximum Gasteiger partial charge on any atom is 0.263 e. The molecule has 1 amide bonds. The predicted molar refractivity (Wildman–Crippen MR) is 94.0 cm³/mol. The van der Waals surface area contributed by atoms with E-state index in [9.17, 15) is 9.18 Å². The van der Waals surface area contributed by atoms with Crippen LogP contribution in [0.2, 0.25) is 0 Å². The molecule has 5 nitrogen and oxygen atoms in total. The molecule has 0 atom stereocenters. The summed E-state index contributed by atoms with van der Waals surface area (Å²) < 4.78 is 18.2. The fraction of sp³-hybridized carbons (Fsp3) is 0.158. The lowest BCUT2D eigenvalue weighted by Gasteiger charge is -2.08. The number of carbonyl (C=O) groups is 1. The molecule has 0 spiro atoms. The van der Waals surface area contributed by atoms with Crippen LogP contribution in [0.1, 0.15) is 11.3 Å². The summed E-state index contributed by atoms with van der Waals surface area (Å²) in [6, 6.07) is 13.5. The monoisotopic (exact) mass is 339 g/mol. The first-order chi connectivity index (χ1) is 12.0. The van der Waals surface area contributed by atoms with Gasteiger partial charge in [-0.15, -0.1) is 0 Å². The first-order valence-corrected chi connectivity index (χ1v) is 7.83.